The highest BCUT2D eigenvalue weighted by Gasteiger charge is 2.44. The topological polar surface area (TPSA) is 112 Å². The fraction of sp³-hybridized carbons (Fsp3) is 0.412. The van der Waals surface area contributed by atoms with Gasteiger partial charge in [-0.2, -0.15) is 0 Å². The summed E-state index contributed by atoms with van der Waals surface area (Å²) in [6.45, 7) is 2.84. The molecule has 1 aromatic carbocycles. The number of Topliss-reactive ketones (excluding diaryl/α,β-unsaturated/α-hetero) is 1. The van der Waals surface area contributed by atoms with Crippen molar-refractivity contribution in [2.24, 2.45) is 0 Å². The number of carbonyl (C=O) groups is 4. The van der Waals surface area contributed by atoms with Crippen molar-refractivity contribution in [1.82, 2.24) is 9.80 Å². The zero-order valence-electron chi connectivity index (χ0n) is 15.1. The van der Waals surface area contributed by atoms with Crippen LogP contribution in [0.5, 0.6) is 0 Å². The largest absolute Gasteiger partial charge is 0.334 e. The van der Waals surface area contributed by atoms with Crippen LogP contribution in [0.25, 0.3) is 0 Å². The average molecular weight is 393 g/mol. The van der Waals surface area contributed by atoms with Crippen LogP contribution in [0.1, 0.15) is 29.8 Å². The van der Waals surface area contributed by atoms with Crippen LogP contribution in [0.3, 0.4) is 0 Å². The highest BCUT2D eigenvalue weighted by atomic mass is 32.2. The van der Waals surface area contributed by atoms with Crippen LogP contribution < -0.4 is 4.31 Å². The third kappa shape index (κ3) is 3.09. The maximum absolute atomic E-state index is 12.5. The van der Waals surface area contributed by atoms with E-state index in [9.17, 15) is 27.6 Å². The number of urea groups is 1. The Labute approximate surface area is 156 Å². The number of amides is 4. The number of fused-ring (bicyclic) bond motifs is 1. The molecular formula is C17H19N3O6S. The summed E-state index contributed by atoms with van der Waals surface area (Å²) in [5.41, 5.74) is 1.46. The van der Waals surface area contributed by atoms with E-state index in [2.05, 4.69) is 0 Å². The Hall–Kier alpha value is -2.75. The molecule has 2 aliphatic rings. The number of hydrogen-bond acceptors (Lipinski definition) is 6. The van der Waals surface area contributed by atoms with Crippen molar-refractivity contribution in [3.05, 3.63) is 29.3 Å². The Bertz CT molecular complexity index is 971. The van der Waals surface area contributed by atoms with Gasteiger partial charge < -0.3 is 0 Å². The fourth-order valence-electron chi connectivity index (χ4n) is 3.49. The number of imide groups is 2. The van der Waals surface area contributed by atoms with Gasteiger partial charge >= 0.3 is 17.8 Å². The summed E-state index contributed by atoms with van der Waals surface area (Å²) in [7, 11) is -3.44. The quantitative estimate of drug-likeness (QED) is 0.406. The first kappa shape index (κ1) is 19.0. The van der Waals surface area contributed by atoms with E-state index < -0.39 is 40.2 Å². The number of anilines is 1. The highest BCUT2D eigenvalue weighted by molar-refractivity contribution is 7.92. The molecule has 0 radical (unpaired) electrons. The molecule has 2 aliphatic heterocycles. The molecule has 1 atom stereocenters. The Kier molecular flexibility index (Phi) is 4.54. The number of ketones is 1. The fourth-order valence-corrected chi connectivity index (χ4v) is 4.75. The number of benzene rings is 1. The molecule has 9 nitrogen and oxygen atoms in total. The van der Waals surface area contributed by atoms with E-state index in [4.69, 9.17) is 0 Å². The summed E-state index contributed by atoms with van der Waals surface area (Å²) < 4.78 is 25.2. The lowest BCUT2D eigenvalue weighted by Gasteiger charge is -2.22. The van der Waals surface area contributed by atoms with Gasteiger partial charge in [0.1, 0.15) is 0 Å². The molecule has 1 saturated heterocycles. The summed E-state index contributed by atoms with van der Waals surface area (Å²) in [4.78, 5) is 49.7. The first-order valence-electron chi connectivity index (χ1n) is 8.39. The van der Waals surface area contributed by atoms with Crippen LogP contribution in [0, 0.1) is 0 Å². The smallest absolute Gasteiger partial charge is 0.292 e. The maximum atomic E-state index is 12.5. The third-order valence-electron chi connectivity index (χ3n) is 4.66. The van der Waals surface area contributed by atoms with E-state index in [1.54, 1.807) is 26.0 Å². The van der Waals surface area contributed by atoms with E-state index in [1.165, 1.54) is 10.4 Å². The number of nitrogens with zero attached hydrogens (tertiary/aromatic N) is 3. The van der Waals surface area contributed by atoms with Crippen LogP contribution in [0.2, 0.25) is 0 Å². The predicted octanol–water partition coefficient (Wildman–Crippen LogP) is 0.391. The Morgan fingerprint density at radius 2 is 1.78 bits per heavy atom. The van der Waals surface area contributed by atoms with Crippen LogP contribution in [0.4, 0.5) is 10.5 Å². The number of rotatable bonds is 5. The van der Waals surface area contributed by atoms with Crippen molar-refractivity contribution in [3.8, 4) is 0 Å². The Morgan fingerprint density at radius 3 is 2.33 bits per heavy atom. The number of likely N-dealkylation sites (N-methyl/N-ethyl adjacent to an activating group) is 1. The van der Waals surface area contributed by atoms with Crippen molar-refractivity contribution in [3.63, 3.8) is 0 Å². The molecular weight excluding hydrogens is 374 g/mol. The van der Waals surface area contributed by atoms with Gasteiger partial charge in [-0.05, 0) is 44.0 Å². The van der Waals surface area contributed by atoms with Gasteiger partial charge in [-0.25, -0.2) is 18.1 Å². The Morgan fingerprint density at radius 1 is 1.15 bits per heavy atom. The number of hydrogen-bond donors (Lipinski definition) is 0. The molecule has 0 aromatic heterocycles. The van der Waals surface area contributed by atoms with Crippen LogP contribution in [-0.2, 0) is 26.0 Å². The second kappa shape index (κ2) is 6.45. The molecule has 144 valence electrons. The Balaban J connectivity index is 1.84. The van der Waals surface area contributed by atoms with Crippen LogP contribution in [-0.4, -0.2) is 67.2 Å². The second-order valence-corrected chi connectivity index (χ2v) is 8.46. The van der Waals surface area contributed by atoms with Gasteiger partial charge in [-0.15, -0.1) is 0 Å². The molecule has 0 N–H and O–H groups in total. The predicted molar refractivity (Wildman–Crippen MR) is 95.8 cm³/mol. The van der Waals surface area contributed by atoms with Crippen LogP contribution >= 0.6 is 0 Å². The standard InChI is InChI=1S/C17H19N3O6S/c1-4-18-15(22)16(23)19(17(18)24)9-14(21)11-5-6-13-12(8-11)7-10(2)20(13)27(3,25)26/h5-6,8,10H,4,7,9H2,1-3H3/t10-/m1/s1. The minimum Gasteiger partial charge on any atom is -0.292 e. The molecule has 3 rings (SSSR count). The minimum absolute atomic E-state index is 0.0478. The summed E-state index contributed by atoms with van der Waals surface area (Å²) >= 11 is 0. The normalized spacial score (nSPS) is 19.9. The lowest BCUT2D eigenvalue weighted by atomic mass is 10.0. The van der Waals surface area contributed by atoms with Crippen molar-refractivity contribution in [2.75, 3.05) is 23.7 Å². The second-order valence-electron chi connectivity index (χ2n) is 6.60. The van der Waals surface area contributed by atoms with E-state index >= 15 is 0 Å². The first-order chi connectivity index (χ1) is 12.6. The first-order valence-corrected chi connectivity index (χ1v) is 10.2. The summed E-state index contributed by atoms with van der Waals surface area (Å²) in [6, 6.07) is 3.51. The SMILES string of the molecule is CCN1C(=O)C(=O)N(CC(=O)c2ccc3c(c2)C[C@@H](C)N3S(C)(=O)=O)C1=O. The molecule has 1 aromatic rings. The van der Waals surface area contributed by atoms with Crippen molar-refractivity contribution in [2.45, 2.75) is 26.3 Å². The molecule has 0 aliphatic carbocycles. The van der Waals surface area contributed by atoms with Crippen molar-refractivity contribution >= 4 is 39.3 Å². The minimum atomic E-state index is -3.44. The molecule has 0 unspecified atom stereocenters. The van der Waals surface area contributed by atoms with Crippen molar-refractivity contribution in [1.29, 1.82) is 0 Å². The van der Waals surface area contributed by atoms with Crippen molar-refractivity contribution < 1.29 is 27.6 Å². The van der Waals surface area contributed by atoms with Gasteiger partial charge in [0.25, 0.3) is 0 Å². The molecule has 2 heterocycles. The number of sulfonamides is 1. The monoisotopic (exact) mass is 393 g/mol. The molecule has 0 bridgehead atoms. The summed E-state index contributed by atoms with van der Waals surface area (Å²) in [6.07, 6.45) is 1.58. The lowest BCUT2D eigenvalue weighted by Crippen LogP contribution is -2.37. The third-order valence-corrected chi connectivity index (χ3v) is 5.94. The molecule has 4 amide bonds. The molecule has 27 heavy (non-hydrogen) atoms. The van der Waals surface area contributed by atoms with E-state index in [0.717, 1.165) is 11.2 Å². The van der Waals surface area contributed by atoms with Gasteiger partial charge in [0.15, 0.2) is 5.78 Å². The van der Waals surface area contributed by atoms with Gasteiger partial charge in [0.2, 0.25) is 10.0 Å². The summed E-state index contributed by atoms with van der Waals surface area (Å²) in [5, 5.41) is 0. The number of carbonyl (C=O) groups excluding carboxylic acids is 4. The zero-order chi connectivity index (χ0) is 20.1. The maximum Gasteiger partial charge on any atom is 0.334 e. The van der Waals surface area contributed by atoms with E-state index in [0.29, 0.717) is 22.6 Å². The highest BCUT2D eigenvalue weighted by Crippen LogP contribution is 2.34. The average Bonchev–Trinajstić information content (AvgIpc) is 3.02. The molecule has 0 saturated carbocycles. The summed E-state index contributed by atoms with van der Waals surface area (Å²) in [5.74, 6) is -2.47. The molecule has 1 fully saturated rings. The van der Waals surface area contributed by atoms with Gasteiger partial charge in [0.05, 0.1) is 18.5 Å². The zero-order valence-corrected chi connectivity index (χ0v) is 15.9. The van der Waals surface area contributed by atoms with Gasteiger partial charge in [0, 0.05) is 18.2 Å². The van der Waals surface area contributed by atoms with E-state index in [1.807, 2.05) is 0 Å². The van der Waals surface area contributed by atoms with Crippen LogP contribution in [0.15, 0.2) is 18.2 Å². The van der Waals surface area contributed by atoms with E-state index in [-0.39, 0.29) is 18.2 Å². The lowest BCUT2D eigenvalue weighted by molar-refractivity contribution is -0.143. The van der Waals surface area contributed by atoms with Gasteiger partial charge in [-0.3, -0.25) is 23.6 Å². The molecule has 10 heteroatoms. The molecule has 0 spiro atoms. The van der Waals surface area contributed by atoms with Gasteiger partial charge in [-0.1, -0.05) is 0 Å².